The minimum atomic E-state index is -3.78. The predicted molar refractivity (Wildman–Crippen MR) is 106 cm³/mol. The normalized spacial score (nSPS) is 19.0. The number of amides is 3. The van der Waals surface area contributed by atoms with Crippen molar-refractivity contribution in [3.05, 3.63) is 17.5 Å². The fourth-order valence-corrected chi connectivity index (χ4v) is 5.34. The maximum atomic E-state index is 12.6. The van der Waals surface area contributed by atoms with Crippen LogP contribution in [0.2, 0.25) is 0 Å². The molecule has 2 heterocycles. The minimum Gasteiger partial charge on any atom is -0.548 e. The van der Waals surface area contributed by atoms with Crippen molar-refractivity contribution in [1.29, 1.82) is 0 Å². The third-order valence-corrected chi connectivity index (χ3v) is 7.34. The van der Waals surface area contributed by atoms with Gasteiger partial charge in [0, 0.05) is 25.6 Å². The maximum absolute atomic E-state index is 12.6. The van der Waals surface area contributed by atoms with Crippen LogP contribution in [0.15, 0.2) is 21.7 Å². The highest BCUT2D eigenvalue weighted by atomic mass is 32.2. The number of rotatable bonds is 11. The summed E-state index contributed by atoms with van der Waals surface area (Å²) in [5.74, 6) is -3.32. The van der Waals surface area contributed by atoms with Gasteiger partial charge in [0.25, 0.3) is 0 Å². The lowest BCUT2D eigenvalue weighted by atomic mass is 9.97. The molecular formula is C17H23N4O8S2-. The highest BCUT2D eigenvalue weighted by Crippen LogP contribution is 2.22. The van der Waals surface area contributed by atoms with Gasteiger partial charge in [-0.15, -0.1) is 11.3 Å². The monoisotopic (exact) mass is 475 g/mol. The summed E-state index contributed by atoms with van der Waals surface area (Å²) >= 11 is 1.05. The molecule has 1 aromatic rings. The van der Waals surface area contributed by atoms with Gasteiger partial charge in [0.1, 0.15) is 16.9 Å². The lowest BCUT2D eigenvalue weighted by Gasteiger charge is -2.38. The standard InChI is InChI=1S/C17H24N4O8S2/c18-13(22)3-5-19-17(26)12-8-11(20-31(27,28)16-2-1-7-30-16)4-6-21(12)14(23)9-29-10-15(24)25/h1-2,7,11-12,20H,3-6,8-10H2,(H2,18,22)(H,19,26)(H,24,25)/p-1/t11-,12-/m0/s1. The van der Waals surface area contributed by atoms with Crippen molar-refractivity contribution in [2.24, 2.45) is 5.73 Å². The number of likely N-dealkylation sites (tertiary alicyclic amines) is 1. The molecule has 3 amide bonds. The van der Waals surface area contributed by atoms with Crippen LogP contribution in [0.5, 0.6) is 0 Å². The number of thiophene rings is 1. The van der Waals surface area contributed by atoms with Gasteiger partial charge in [-0.05, 0) is 24.3 Å². The van der Waals surface area contributed by atoms with E-state index in [2.05, 4.69) is 10.0 Å². The number of nitrogens with one attached hydrogen (secondary N) is 2. The molecule has 0 saturated carbocycles. The summed E-state index contributed by atoms with van der Waals surface area (Å²) in [6, 6.07) is 1.39. The lowest BCUT2D eigenvalue weighted by Crippen LogP contribution is -2.58. The number of hydrogen-bond acceptors (Lipinski definition) is 9. The Morgan fingerprint density at radius 2 is 2.03 bits per heavy atom. The Morgan fingerprint density at radius 3 is 2.65 bits per heavy atom. The highest BCUT2D eigenvalue weighted by molar-refractivity contribution is 7.91. The first-order valence-corrected chi connectivity index (χ1v) is 11.7. The first-order chi connectivity index (χ1) is 14.6. The second-order valence-corrected chi connectivity index (χ2v) is 9.64. The lowest BCUT2D eigenvalue weighted by molar-refractivity contribution is -0.309. The van der Waals surface area contributed by atoms with Gasteiger partial charge >= 0.3 is 0 Å². The minimum absolute atomic E-state index is 0.0146. The number of aliphatic carboxylic acids is 1. The quantitative estimate of drug-likeness (QED) is 0.305. The smallest absolute Gasteiger partial charge is 0.250 e. The number of nitrogens with zero attached hydrogens (tertiary/aromatic N) is 1. The molecule has 0 aliphatic carbocycles. The van der Waals surface area contributed by atoms with E-state index in [0.717, 1.165) is 11.3 Å². The number of nitrogens with two attached hydrogens (primary N) is 1. The van der Waals surface area contributed by atoms with Crippen LogP contribution in [0.4, 0.5) is 0 Å². The fourth-order valence-electron chi connectivity index (χ4n) is 3.04. The van der Waals surface area contributed by atoms with Crippen LogP contribution in [0.1, 0.15) is 19.3 Å². The number of hydrogen-bond donors (Lipinski definition) is 3. The van der Waals surface area contributed by atoms with E-state index >= 15 is 0 Å². The van der Waals surface area contributed by atoms with Crippen molar-refractivity contribution in [1.82, 2.24) is 14.9 Å². The average Bonchev–Trinajstić information content (AvgIpc) is 3.22. The Morgan fingerprint density at radius 1 is 1.29 bits per heavy atom. The van der Waals surface area contributed by atoms with Gasteiger partial charge in [0.05, 0.1) is 12.6 Å². The molecule has 0 aromatic carbocycles. The molecule has 4 N–H and O–H groups in total. The van der Waals surface area contributed by atoms with E-state index in [9.17, 15) is 32.7 Å². The summed E-state index contributed by atoms with van der Waals surface area (Å²) in [6.07, 6.45) is 0.122. The summed E-state index contributed by atoms with van der Waals surface area (Å²) < 4.78 is 32.4. The van der Waals surface area contributed by atoms with E-state index in [0.29, 0.717) is 0 Å². The molecule has 1 aromatic heterocycles. The van der Waals surface area contributed by atoms with Gasteiger partial charge in [-0.3, -0.25) is 14.4 Å². The molecule has 14 heteroatoms. The number of carboxylic acids is 1. The second kappa shape index (κ2) is 11.2. The summed E-state index contributed by atoms with van der Waals surface area (Å²) in [5.41, 5.74) is 5.05. The van der Waals surface area contributed by atoms with Crippen LogP contribution >= 0.6 is 11.3 Å². The Hall–Kier alpha value is -2.55. The number of carbonyl (C=O) groups is 4. The van der Waals surface area contributed by atoms with Gasteiger partial charge < -0.3 is 30.6 Å². The first kappa shape index (κ1) is 24.7. The molecule has 1 fully saturated rings. The van der Waals surface area contributed by atoms with Crippen LogP contribution in [0.3, 0.4) is 0 Å². The van der Waals surface area contributed by atoms with E-state index in [1.54, 1.807) is 11.4 Å². The third-order valence-electron chi connectivity index (χ3n) is 4.42. The zero-order valence-corrected chi connectivity index (χ0v) is 18.1. The predicted octanol–water partition coefficient (Wildman–Crippen LogP) is -2.86. The summed E-state index contributed by atoms with van der Waals surface area (Å²) in [7, 11) is -3.78. The average molecular weight is 476 g/mol. The van der Waals surface area contributed by atoms with E-state index in [-0.39, 0.29) is 36.6 Å². The molecule has 2 rings (SSSR count). The van der Waals surface area contributed by atoms with Crippen LogP contribution in [-0.4, -0.2) is 75.4 Å². The molecule has 1 saturated heterocycles. The van der Waals surface area contributed by atoms with Crippen molar-refractivity contribution in [3.63, 3.8) is 0 Å². The van der Waals surface area contributed by atoms with Gasteiger partial charge in [0.2, 0.25) is 27.7 Å². The molecular weight excluding hydrogens is 452 g/mol. The number of carboxylic acid groups (broad SMARTS) is 1. The van der Waals surface area contributed by atoms with E-state index < -0.39 is 59.0 Å². The topological polar surface area (TPSA) is 188 Å². The Balaban J connectivity index is 2.08. The first-order valence-electron chi connectivity index (χ1n) is 9.29. The molecule has 2 atom stereocenters. The molecule has 0 radical (unpaired) electrons. The van der Waals surface area contributed by atoms with Crippen LogP contribution in [-0.2, 0) is 33.9 Å². The summed E-state index contributed by atoms with van der Waals surface area (Å²) in [5, 5.41) is 14.6. The van der Waals surface area contributed by atoms with Crippen molar-refractivity contribution >= 4 is 45.1 Å². The van der Waals surface area contributed by atoms with Gasteiger partial charge in [0.15, 0.2) is 0 Å². The molecule has 172 valence electrons. The molecule has 0 spiro atoms. The zero-order chi connectivity index (χ0) is 23.0. The zero-order valence-electron chi connectivity index (χ0n) is 16.4. The van der Waals surface area contributed by atoms with Crippen molar-refractivity contribution in [2.75, 3.05) is 26.3 Å². The van der Waals surface area contributed by atoms with E-state index in [1.165, 1.54) is 11.0 Å². The summed E-state index contributed by atoms with van der Waals surface area (Å²) in [4.78, 5) is 47.6. The maximum Gasteiger partial charge on any atom is 0.250 e. The highest BCUT2D eigenvalue weighted by Gasteiger charge is 2.37. The number of piperidine rings is 1. The van der Waals surface area contributed by atoms with Gasteiger partial charge in [-0.25, -0.2) is 13.1 Å². The Labute approximate surface area is 182 Å². The summed E-state index contributed by atoms with van der Waals surface area (Å²) in [6.45, 7) is -1.36. The van der Waals surface area contributed by atoms with Crippen LogP contribution < -0.4 is 20.9 Å². The molecule has 0 bridgehead atoms. The number of ether oxygens (including phenoxy) is 1. The number of primary amides is 1. The number of carbonyl (C=O) groups excluding carboxylic acids is 4. The van der Waals surface area contributed by atoms with Gasteiger partial charge in [-0.1, -0.05) is 6.07 Å². The van der Waals surface area contributed by atoms with Crippen molar-refractivity contribution < 1.29 is 37.4 Å². The van der Waals surface area contributed by atoms with Crippen LogP contribution in [0, 0.1) is 0 Å². The largest absolute Gasteiger partial charge is 0.548 e. The molecule has 0 unspecified atom stereocenters. The molecule has 31 heavy (non-hydrogen) atoms. The van der Waals surface area contributed by atoms with Crippen LogP contribution in [0.25, 0.3) is 0 Å². The van der Waals surface area contributed by atoms with Crippen molar-refractivity contribution in [2.45, 2.75) is 35.6 Å². The fraction of sp³-hybridized carbons (Fsp3) is 0.529. The van der Waals surface area contributed by atoms with E-state index in [1.807, 2.05) is 0 Å². The Bertz CT molecular complexity index is 903. The molecule has 12 nitrogen and oxygen atoms in total. The number of sulfonamides is 1. The van der Waals surface area contributed by atoms with Gasteiger partial charge in [-0.2, -0.15) is 0 Å². The Kier molecular flexibility index (Phi) is 8.91. The molecule has 1 aliphatic rings. The second-order valence-electron chi connectivity index (χ2n) is 6.75. The SMILES string of the molecule is NC(=O)CCNC(=O)[C@@H]1C[C@@H](NS(=O)(=O)c2cccs2)CCN1C(=O)COCC(=O)[O-]. The molecule has 1 aliphatic heterocycles. The van der Waals surface area contributed by atoms with Crippen molar-refractivity contribution in [3.8, 4) is 0 Å². The van der Waals surface area contributed by atoms with E-state index in [4.69, 9.17) is 10.5 Å². The third kappa shape index (κ3) is 7.57.